The second-order valence-corrected chi connectivity index (χ2v) is 3.84. The van der Waals surface area contributed by atoms with Crippen LogP contribution in [0.5, 0.6) is 0 Å². The zero-order valence-electron chi connectivity index (χ0n) is 8.31. The Labute approximate surface area is 101 Å². The molecule has 1 aromatic rings. The second-order valence-electron chi connectivity index (χ2n) is 2.98. The molecule has 1 aromatic carbocycles. The van der Waals surface area contributed by atoms with Crippen molar-refractivity contribution in [3.63, 3.8) is 0 Å². The van der Waals surface area contributed by atoms with Gasteiger partial charge < -0.3 is 10.4 Å². The Bertz CT molecular complexity index is 429. The lowest BCUT2D eigenvalue weighted by Gasteiger charge is -2.04. The Kier molecular flexibility index (Phi) is 4.72. The van der Waals surface area contributed by atoms with Crippen LogP contribution in [-0.4, -0.2) is 17.0 Å². The summed E-state index contributed by atoms with van der Waals surface area (Å²) in [6.45, 7) is 0.351. The van der Waals surface area contributed by atoms with Crippen molar-refractivity contribution in [3.8, 4) is 0 Å². The van der Waals surface area contributed by atoms with E-state index in [2.05, 4.69) is 21.2 Å². The third-order valence-electron chi connectivity index (χ3n) is 1.79. The van der Waals surface area contributed by atoms with Crippen molar-refractivity contribution >= 4 is 27.8 Å². The van der Waals surface area contributed by atoms with E-state index in [0.717, 1.165) is 22.2 Å². The molecule has 0 fully saturated rings. The highest BCUT2D eigenvalue weighted by molar-refractivity contribution is 9.10. The summed E-state index contributed by atoms with van der Waals surface area (Å²) in [4.78, 5) is 21.3. The number of aliphatic carboxylic acids is 1. The van der Waals surface area contributed by atoms with E-state index in [1.165, 1.54) is 0 Å². The Morgan fingerprint density at radius 3 is 2.62 bits per heavy atom. The van der Waals surface area contributed by atoms with Gasteiger partial charge in [0.15, 0.2) is 0 Å². The van der Waals surface area contributed by atoms with Crippen molar-refractivity contribution in [1.29, 1.82) is 0 Å². The average Bonchev–Trinajstić information content (AvgIpc) is 2.25. The SMILES string of the molecule is O=C(O)C=CC(=O)NCc1ccccc1Br. The van der Waals surface area contributed by atoms with Crippen LogP contribution in [0.15, 0.2) is 40.9 Å². The maximum atomic E-state index is 11.2. The van der Waals surface area contributed by atoms with Gasteiger partial charge in [-0.05, 0) is 11.6 Å². The summed E-state index contributed by atoms with van der Waals surface area (Å²) in [5.74, 6) is -1.57. The quantitative estimate of drug-likeness (QED) is 0.827. The highest BCUT2D eigenvalue weighted by Gasteiger charge is 2.00. The number of rotatable bonds is 4. The maximum Gasteiger partial charge on any atom is 0.328 e. The van der Waals surface area contributed by atoms with Gasteiger partial charge in [-0.15, -0.1) is 0 Å². The summed E-state index contributed by atoms with van der Waals surface area (Å²) < 4.78 is 0.900. The highest BCUT2D eigenvalue weighted by Crippen LogP contribution is 2.15. The van der Waals surface area contributed by atoms with Crippen molar-refractivity contribution < 1.29 is 14.7 Å². The van der Waals surface area contributed by atoms with Gasteiger partial charge in [-0.3, -0.25) is 4.79 Å². The van der Waals surface area contributed by atoms with E-state index < -0.39 is 11.9 Å². The Morgan fingerprint density at radius 1 is 1.31 bits per heavy atom. The molecular weight excluding hydrogens is 274 g/mol. The fourth-order valence-electron chi connectivity index (χ4n) is 1.03. The zero-order valence-corrected chi connectivity index (χ0v) is 9.90. The number of carbonyl (C=O) groups is 2. The summed E-state index contributed by atoms with van der Waals surface area (Å²) in [5, 5.41) is 10.9. The molecule has 1 amide bonds. The number of hydrogen-bond donors (Lipinski definition) is 2. The van der Waals surface area contributed by atoms with Crippen LogP contribution in [0.25, 0.3) is 0 Å². The van der Waals surface area contributed by atoms with E-state index in [9.17, 15) is 9.59 Å². The molecule has 0 atom stereocenters. The van der Waals surface area contributed by atoms with Crippen LogP contribution < -0.4 is 5.32 Å². The van der Waals surface area contributed by atoms with Gasteiger partial charge in [-0.25, -0.2) is 4.79 Å². The third kappa shape index (κ3) is 4.27. The topological polar surface area (TPSA) is 66.4 Å². The number of benzene rings is 1. The van der Waals surface area contributed by atoms with Crippen molar-refractivity contribution in [1.82, 2.24) is 5.32 Å². The maximum absolute atomic E-state index is 11.2. The van der Waals surface area contributed by atoms with E-state index in [0.29, 0.717) is 6.54 Å². The van der Waals surface area contributed by atoms with Crippen LogP contribution in [0.1, 0.15) is 5.56 Å². The molecule has 0 spiro atoms. The summed E-state index contributed by atoms with van der Waals surface area (Å²) in [5.41, 5.74) is 0.930. The second kappa shape index (κ2) is 6.07. The number of carbonyl (C=O) groups excluding carboxylic acids is 1. The Morgan fingerprint density at radius 2 is 2.00 bits per heavy atom. The Balaban J connectivity index is 2.49. The summed E-state index contributed by atoms with van der Waals surface area (Å²) in [6.07, 6.45) is 1.79. The molecular formula is C11H10BrNO3. The molecule has 2 N–H and O–H groups in total. The van der Waals surface area contributed by atoms with Gasteiger partial charge in [-0.2, -0.15) is 0 Å². The van der Waals surface area contributed by atoms with Crippen molar-refractivity contribution in [2.24, 2.45) is 0 Å². The monoisotopic (exact) mass is 283 g/mol. The van der Waals surface area contributed by atoms with Crippen LogP contribution in [-0.2, 0) is 16.1 Å². The summed E-state index contributed by atoms with van der Waals surface area (Å²) >= 11 is 3.35. The normalized spacial score (nSPS) is 10.3. The van der Waals surface area contributed by atoms with Gasteiger partial charge in [0.1, 0.15) is 0 Å². The predicted octanol–water partition coefficient (Wildman–Crippen LogP) is 1.71. The van der Waals surface area contributed by atoms with E-state index in [1.54, 1.807) is 0 Å². The largest absolute Gasteiger partial charge is 0.478 e. The van der Waals surface area contributed by atoms with Crippen LogP contribution >= 0.6 is 15.9 Å². The molecule has 0 aliphatic heterocycles. The molecule has 0 heterocycles. The predicted molar refractivity (Wildman–Crippen MR) is 62.8 cm³/mol. The van der Waals surface area contributed by atoms with Gasteiger partial charge in [0.2, 0.25) is 5.91 Å². The molecule has 84 valence electrons. The number of carboxylic acid groups (broad SMARTS) is 1. The molecule has 0 aliphatic rings. The number of carboxylic acids is 1. The van der Waals surface area contributed by atoms with Crippen LogP contribution in [0.4, 0.5) is 0 Å². The van der Waals surface area contributed by atoms with Crippen molar-refractivity contribution in [2.45, 2.75) is 6.54 Å². The number of amides is 1. The molecule has 5 heteroatoms. The summed E-state index contributed by atoms with van der Waals surface area (Å²) in [7, 11) is 0. The van der Waals surface area contributed by atoms with Crippen LogP contribution in [0.2, 0.25) is 0 Å². The lowest BCUT2D eigenvalue weighted by atomic mass is 10.2. The molecule has 0 radical (unpaired) electrons. The van der Waals surface area contributed by atoms with E-state index in [-0.39, 0.29) is 0 Å². The minimum atomic E-state index is -1.14. The fourth-order valence-corrected chi connectivity index (χ4v) is 1.45. The number of halogens is 1. The number of hydrogen-bond acceptors (Lipinski definition) is 2. The number of nitrogens with one attached hydrogen (secondary N) is 1. The van der Waals surface area contributed by atoms with Crippen molar-refractivity contribution in [2.75, 3.05) is 0 Å². The third-order valence-corrected chi connectivity index (χ3v) is 2.56. The fraction of sp³-hybridized carbons (Fsp3) is 0.0909. The van der Waals surface area contributed by atoms with Gasteiger partial charge in [0, 0.05) is 23.2 Å². The van der Waals surface area contributed by atoms with E-state index >= 15 is 0 Å². The highest BCUT2D eigenvalue weighted by atomic mass is 79.9. The lowest BCUT2D eigenvalue weighted by molar-refractivity contribution is -0.131. The first-order valence-corrected chi connectivity index (χ1v) is 5.31. The molecule has 1 rings (SSSR count). The molecule has 0 bridgehead atoms. The first kappa shape index (κ1) is 12.4. The minimum Gasteiger partial charge on any atom is -0.478 e. The standard InChI is InChI=1S/C11H10BrNO3/c12-9-4-2-1-3-8(9)7-13-10(14)5-6-11(15)16/h1-6H,7H2,(H,13,14)(H,15,16). The Hall–Kier alpha value is -1.62. The van der Waals surface area contributed by atoms with E-state index in [4.69, 9.17) is 5.11 Å². The molecule has 0 aliphatic carbocycles. The first-order valence-electron chi connectivity index (χ1n) is 4.52. The average molecular weight is 284 g/mol. The smallest absolute Gasteiger partial charge is 0.328 e. The summed E-state index contributed by atoms with van der Waals surface area (Å²) in [6, 6.07) is 7.47. The molecule has 16 heavy (non-hydrogen) atoms. The molecule has 0 saturated carbocycles. The van der Waals surface area contributed by atoms with Gasteiger partial charge in [0.05, 0.1) is 0 Å². The van der Waals surface area contributed by atoms with E-state index in [1.807, 2.05) is 24.3 Å². The van der Waals surface area contributed by atoms with Gasteiger partial charge in [0.25, 0.3) is 0 Å². The minimum absolute atomic E-state index is 0.351. The van der Waals surface area contributed by atoms with Crippen LogP contribution in [0.3, 0.4) is 0 Å². The molecule has 4 nitrogen and oxygen atoms in total. The molecule has 0 aromatic heterocycles. The lowest BCUT2D eigenvalue weighted by Crippen LogP contribution is -2.20. The van der Waals surface area contributed by atoms with Crippen molar-refractivity contribution in [3.05, 3.63) is 46.5 Å². The molecule has 0 saturated heterocycles. The first-order chi connectivity index (χ1) is 7.59. The van der Waals surface area contributed by atoms with Gasteiger partial charge >= 0.3 is 5.97 Å². The molecule has 0 unspecified atom stereocenters. The van der Waals surface area contributed by atoms with Crippen LogP contribution in [0, 0.1) is 0 Å². The van der Waals surface area contributed by atoms with Gasteiger partial charge in [-0.1, -0.05) is 34.1 Å². The zero-order chi connectivity index (χ0) is 12.0.